The van der Waals surface area contributed by atoms with Crippen molar-refractivity contribution in [3.05, 3.63) is 71.4 Å². The third-order valence-corrected chi connectivity index (χ3v) is 4.21. The van der Waals surface area contributed by atoms with Crippen molar-refractivity contribution in [3.8, 4) is 0 Å². The molecule has 0 unspecified atom stereocenters. The lowest BCUT2D eigenvalue weighted by molar-refractivity contribution is 0.0994. The molecule has 112 valence electrons. The molecule has 0 saturated carbocycles. The third kappa shape index (κ3) is 2.57. The zero-order valence-corrected chi connectivity index (χ0v) is 13.2. The van der Waals surface area contributed by atoms with Gasteiger partial charge in [0.1, 0.15) is 0 Å². The van der Waals surface area contributed by atoms with Crippen molar-refractivity contribution in [2.24, 2.45) is 0 Å². The Bertz CT molecular complexity index is 799. The molecule has 3 aromatic rings. The molecular formula is C20H21NO. The van der Waals surface area contributed by atoms with E-state index in [4.69, 9.17) is 0 Å². The minimum absolute atomic E-state index is 0.191. The van der Waals surface area contributed by atoms with E-state index in [2.05, 4.69) is 36.6 Å². The second-order valence-electron chi connectivity index (χ2n) is 5.58. The molecule has 0 aliphatic heterocycles. The molecule has 0 spiro atoms. The summed E-state index contributed by atoms with van der Waals surface area (Å²) >= 11 is 0. The minimum atomic E-state index is 0.191. The largest absolute Gasteiger partial charge is 0.347 e. The van der Waals surface area contributed by atoms with Gasteiger partial charge >= 0.3 is 0 Å². The predicted octanol–water partition coefficient (Wildman–Crippen LogP) is 4.65. The van der Waals surface area contributed by atoms with Crippen LogP contribution in [0.3, 0.4) is 0 Å². The number of aromatic nitrogens is 1. The lowest BCUT2D eigenvalue weighted by atomic mass is 10.0. The number of hydrogen-bond donors (Lipinski definition) is 0. The lowest BCUT2D eigenvalue weighted by Gasteiger charge is -2.05. The number of benzene rings is 2. The number of carbonyl (C=O) groups is 1. The molecule has 22 heavy (non-hydrogen) atoms. The van der Waals surface area contributed by atoms with Gasteiger partial charge in [-0.3, -0.25) is 4.79 Å². The first-order valence-electron chi connectivity index (χ1n) is 7.92. The predicted molar refractivity (Wildman–Crippen MR) is 91.5 cm³/mol. The van der Waals surface area contributed by atoms with Crippen LogP contribution in [0.5, 0.6) is 0 Å². The summed E-state index contributed by atoms with van der Waals surface area (Å²) in [5.74, 6) is 0.191. The molecule has 2 aromatic carbocycles. The maximum Gasteiger partial charge on any atom is 0.169 e. The van der Waals surface area contributed by atoms with Crippen molar-refractivity contribution < 1.29 is 4.79 Å². The molecule has 0 radical (unpaired) electrons. The Morgan fingerprint density at radius 1 is 1.00 bits per heavy atom. The van der Waals surface area contributed by atoms with E-state index >= 15 is 0 Å². The van der Waals surface area contributed by atoms with Gasteiger partial charge in [-0.25, -0.2) is 0 Å². The SMILES string of the molecule is CCc1cccc2c(C(=O)Cc3ccccc3)cn(CC)c12. The molecule has 2 nitrogen and oxygen atoms in total. The molecule has 0 N–H and O–H groups in total. The van der Waals surface area contributed by atoms with Gasteiger partial charge < -0.3 is 4.57 Å². The summed E-state index contributed by atoms with van der Waals surface area (Å²) in [6.45, 7) is 5.16. The number of para-hydroxylation sites is 1. The van der Waals surface area contributed by atoms with E-state index < -0.39 is 0 Å². The zero-order valence-electron chi connectivity index (χ0n) is 13.2. The van der Waals surface area contributed by atoms with E-state index in [0.717, 1.165) is 29.5 Å². The van der Waals surface area contributed by atoms with Gasteiger partial charge in [0.15, 0.2) is 5.78 Å². The highest BCUT2D eigenvalue weighted by molar-refractivity contribution is 6.09. The first kappa shape index (κ1) is 14.6. The molecule has 3 rings (SSSR count). The van der Waals surface area contributed by atoms with Gasteiger partial charge in [-0.2, -0.15) is 0 Å². The summed E-state index contributed by atoms with van der Waals surface area (Å²) in [7, 11) is 0. The van der Waals surface area contributed by atoms with Crippen LogP contribution in [-0.2, 0) is 19.4 Å². The number of hydrogen-bond acceptors (Lipinski definition) is 1. The van der Waals surface area contributed by atoms with Crippen LogP contribution in [0, 0.1) is 0 Å². The molecule has 0 atom stereocenters. The van der Waals surface area contributed by atoms with Gasteiger partial charge in [0.2, 0.25) is 0 Å². The highest BCUT2D eigenvalue weighted by atomic mass is 16.1. The number of aryl methyl sites for hydroxylation is 2. The van der Waals surface area contributed by atoms with Crippen LogP contribution in [-0.4, -0.2) is 10.4 Å². The van der Waals surface area contributed by atoms with E-state index in [1.165, 1.54) is 11.1 Å². The van der Waals surface area contributed by atoms with Crippen molar-refractivity contribution in [1.29, 1.82) is 0 Å². The molecule has 0 bridgehead atoms. The Morgan fingerprint density at radius 3 is 2.45 bits per heavy atom. The summed E-state index contributed by atoms with van der Waals surface area (Å²) in [6, 6.07) is 16.2. The summed E-state index contributed by atoms with van der Waals surface area (Å²) in [6.07, 6.45) is 3.46. The smallest absolute Gasteiger partial charge is 0.169 e. The number of nitrogens with zero attached hydrogens (tertiary/aromatic N) is 1. The topological polar surface area (TPSA) is 22.0 Å². The number of carbonyl (C=O) groups excluding carboxylic acids is 1. The molecule has 0 aliphatic rings. The number of fused-ring (bicyclic) bond motifs is 1. The normalized spacial score (nSPS) is 11.0. The molecule has 0 saturated heterocycles. The number of ketones is 1. The highest BCUT2D eigenvalue weighted by Gasteiger charge is 2.16. The fourth-order valence-corrected chi connectivity index (χ4v) is 3.07. The molecule has 0 fully saturated rings. The van der Waals surface area contributed by atoms with Gasteiger partial charge in [0.25, 0.3) is 0 Å². The van der Waals surface area contributed by atoms with Gasteiger partial charge in [-0.15, -0.1) is 0 Å². The summed E-state index contributed by atoms with van der Waals surface area (Å²) < 4.78 is 2.20. The summed E-state index contributed by atoms with van der Waals surface area (Å²) in [5, 5.41) is 1.09. The Labute approximate surface area is 131 Å². The average molecular weight is 291 g/mol. The van der Waals surface area contributed by atoms with Crippen LogP contribution >= 0.6 is 0 Å². The molecule has 2 heteroatoms. The number of rotatable bonds is 5. The molecular weight excluding hydrogens is 270 g/mol. The third-order valence-electron chi connectivity index (χ3n) is 4.21. The van der Waals surface area contributed by atoms with Crippen molar-refractivity contribution in [2.75, 3.05) is 0 Å². The van der Waals surface area contributed by atoms with Gasteiger partial charge in [-0.05, 0) is 24.5 Å². The fourth-order valence-electron chi connectivity index (χ4n) is 3.07. The Balaban J connectivity index is 2.06. The quantitative estimate of drug-likeness (QED) is 0.627. The van der Waals surface area contributed by atoms with Crippen molar-refractivity contribution >= 4 is 16.7 Å². The highest BCUT2D eigenvalue weighted by Crippen LogP contribution is 2.26. The lowest BCUT2D eigenvalue weighted by Crippen LogP contribution is -2.02. The second kappa shape index (κ2) is 6.18. The zero-order chi connectivity index (χ0) is 15.5. The Kier molecular flexibility index (Phi) is 4.10. The minimum Gasteiger partial charge on any atom is -0.347 e. The van der Waals surface area contributed by atoms with Crippen LogP contribution in [0.4, 0.5) is 0 Å². The van der Waals surface area contributed by atoms with Crippen LogP contribution in [0.2, 0.25) is 0 Å². The molecule has 1 heterocycles. The van der Waals surface area contributed by atoms with Crippen LogP contribution in [0.15, 0.2) is 54.7 Å². The molecule has 0 aliphatic carbocycles. The van der Waals surface area contributed by atoms with Crippen LogP contribution in [0.1, 0.15) is 35.3 Å². The van der Waals surface area contributed by atoms with E-state index in [1.807, 2.05) is 36.5 Å². The monoisotopic (exact) mass is 291 g/mol. The maximum atomic E-state index is 12.7. The molecule has 1 aromatic heterocycles. The maximum absolute atomic E-state index is 12.7. The summed E-state index contributed by atoms with van der Waals surface area (Å²) in [4.78, 5) is 12.7. The van der Waals surface area contributed by atoms with E-state index in [1.54, 1.807) is 0 Å². The van der Waals surface area contributed by atoms with Crippen molar-refractivity contribution in [2.45, 2.75) is 33.2 Å². The van der Waals surface area contributed by atoms with E-state index in [9.17, 15) is 4.79 Å². The Morgan fingerprint density at radius 2 is 1.77 bits per heavy atom. The van der Waals surface area contributed by atoms with Crippen LogP contribution in [0.25, 0.3) is 10.9 Å². The first-order valence-corrected chi connectivity index (χ1v) is 7.92. The molecule has 0 amide bonds. The standard InChI is InChI=1S/C20H21NO/c1-3-16-11-8-12-17-18(14-21(4-2)20(16)17)19(22)13-15-9-6-5-7-10-15/h5-12,14H,3-4,13H2,1-2H3. The Hall–Kier alpha value is -2.35. The van der Waals surface area contributed by atoms with Gasteiger partial charge in [-0.1, -0.05) is 55.5 Å². The second-order valence-corrected chi connectivity index (χ2v) is 5.58. The fraction of sp³-hybridized carbons (Fsp3) is 0.250. The van der Waals surface area contributed by atoms with E-state index in [0.29, 0.717) is 6.42 Å². The van der Waals surface area contributed by atoms with Gasteiger partial charge in [0.05, 0.1) is 5.52 Å². The summed E-state index contributed by atoms with van der Waals surface area (Å²) in [5.41, 5.74) is 4.43. The number of Topliss-reactive ketones (excluding diaryl/α,β-unsaturated/α-hetero) is 1. The van der Waals surface area contributed by atoms with Crippen molar-refractivity contribution in [1.82, 2.24) is 4.57 Å². The van der Waals surface area contributed by atoms with Crippen molar-refractivity contribution in [3.63, 3.8) is 0 Å². The van der Waals surface area contributed by atoms with E-state index in [-0.39, 0.29) is 5.78 Å². The first-order chi connectivity index (χ1) is 10.7. The average Bonchev–Trinajstić information content (AvgIpc) is 2.94. The van der Waals surface area contributed by atoms with Crippen LogP contribution < -0.4 is 0 Å². The van der Waals surface area contributed by atoms with Gasteiger partial charge in [0, 0.05) is 30.1 Å².